The minimum absolute atomic E-state index is 0.0280. The molecule has 2 aromatic carbocycles. The Hall–Kier alpha value is -3.15. The van der Waals surface area contributed by atoms with Crippen LogP contribution in [0.1, 0.15) is 23.1 Å². The first-order valence-electron chi connectivity index (χ1n) is 7.81. The number of nitrogens with one attached hydrogen (secondary N) is 1. The molecule has 0 bridgehead atoms. The van der Waals surface area contributed by atoms with E-state index in [9.17, 15) is 9.59 Å². The van der Waals surface area contributed by atoms with E-state index in [1.807, 2.05) is 49.4 Å². The topological polar surface area (TPSA) is 71.0 Å². The third-order valence-electron chi connectivity index (χ3n) is 4.25. The Balaban J connectivity index is 1.73. The predicted molar refractivity (Wildman–Crippen MR) is 90.6 cm³/mol. The summed E-state index contributed by atoms with van der Waals surface area (Å²) in [6.45, 7) is 1.99. The molecule has 120 valence electrons. The maximum absolute atomic E-state index is 12.9. The summed E-state index contributed by atoms with van der Waals surface area (Å²) in [5, 5.41) is 4.19. The van der Waals surface area contributed by atoms with Crippen molar-refractivity contribution in [1.82, 2.24) is 14.8 Å². The number of anilines is 1. The molecule has 1 aromatic heterocycles. The van der Waals surface area contributed by atoms with Crippen molar-refractivity contribution in [2.75, 3.05) is 4.90 Å². The number of aromatic nitrogens is 3. The maximum Gasteiger partial charge on any atom is 0.348 e. The van der Waals surface area contributed by atoms with Crippen molar-refractivity contribution >= 4 is 11.6 Å². The summed E-state index contributed by atoms with van der Waals surface area (Å²) < 4.78 is 1.21. The third kappa shape index (κ3) is 2.23. The van der Waals surface area contributed by atoms with Crippen molar-refractivity contribution in [3.05, 3.63) is 76.5 Å². The molecular weight excluding hydrogens is 304 g/mol. The molecule has 1 aliphatic heterocycles. The minimum atomic E-state index is -0.426. The van der Waals surface area contributed by atoms with Gasteiger partial charge in [-0.1, -0.05) is 36.4 Å². The average Bonchev–Trinajstić information content (AvgIpc) is 3.14. The van der Waals surface area contributed by atoms with E-state index in [2.05, 4.69) is 10.1 Å². The summed E-state index contributed by atoms with van der Waals surface area (Å²) in [7, 11) is 0. The van der Waals surface area contributed by atoms with Crippen LogP contribution in [-0.4, -0.2) is 26.7 Å². The van der Waals surface area contributed by atoms with Crippen LogP contribution in [0.3, 0.4) is 0 Å². The van der Waals surface area contributed by atoms with E-state index in [1.54, 1.807) is 17.0 Å². The second-order valence-electron chi connectivity index (χ2n) is 5.88. The first-order valence-corrected chi connectivity index (χ1v) is 7.81. The molecule has 2 heterocycles. The van der Waals surface area contributed by atoms with Crippen LogP contribution >= 0.6 is 0 Å². The number of H-pyrrole nitrogens is 1. The number of nitrogens with zero attached hydrogens (tertiary/aromatic N) is 3. The van der Waals surface area contributed by atoms with Gasteiger partial charge in [0.05, 0.1) is 5.69 Å². The van der Waals surface area contributed by atoms with Crippen molar-refractivity contribution in [3.8, 4) is 5.69 Å². The molecule has 0 fully saturated rings. The molecule has 1 aliphatic rings. The molecule has 0 radical (unpaired) electrons. The minimum Gasteiger partial charge on any atom is -0.302 e. The summed E-state index contributed by atoms with van der Waals surface area (Å²) in [6, 6.07) is 16.9. The lowest BCUT2D eigenvalue weighted by Crippen LogP contribution is -2.36. The van der Waals surface area contributed by atoms with Crippen molar-refractivity contribution < 1.29 is 4.79 Å². The molecule has 1 atom stereocenters. The zero-order valence-electron chi connectivity index (χ0n) is 13.1. The Labute approximate surface area is 138 Å². The molecule has 0 spiro atoms. The lowest BCUT2D eigenvalue weighted by molar-refractivity contribution is 0.0971. The molecule has 24 heavy (non-hydrogen) atoms. The van der Waals surface area contributed by atoms with Gasteiger partial charge in [0, 0.05) is 11.7 Å². The van der Waals surface area contributed by atoms with Crippen LogP contribution in [0.5, 0.6) is 0 Å². The second-order valence-corrected chi connectivity index (χ2v) is 5.88. The monoisotopic (exact) mass is 320 g/mol. The van der Waals surface area contributed by atoms with E-state index in [0.29, 0.717) is 5.69 Å². The van der Waals surface area contributed by atoms with E-state index < -0.39 is 5.69 Å². The third-order valence-corrected chi connectivity index (χ3v) is 4.25. The highest BCUT2D eigenvalue weighted by Gasteiger charge is 2.33. The smallest absolute Gasteiger partial charge is 0.302 e. The van der Waals surface area contributed by atoms with Gasteiger partial charge >= 0.3 is 5.69 Å². The van der Waals surface area contributed by atoms with Crippen LogP contribution in [0.4, 0.5) is 5.69 Å². The highest BCUT2D eigenvalue weighted by Crippen LogP contribution is 2.32. The first kappa shape index (κ1) is 14.4. The van der Waals surface area contributed by atoms with Crippen LogP contribution < -0.4 is 10.6 Å². The molecule has 1 unspecified atom stereocenters. The van der Waals surface area contributed by atoms with Gasteiger partial charge in [0.15, 0.2) is 0 Å². The molecule has 0 saturated heterocycles. The van der Waals surface area contributed by atoms with E-state index in [1.165, 1.54) is 4.68 Å². The van der Waals surface area contributed by atoms with E-state index in [4.69, 9.17) is 0 Å². The Morgan fingerprint density at radius 3 is 2.62 bits per heavy atom. The first-order chi connectivity index (χ1) is 11.6. The Kier molecular flexibility index (Phi) is 3.30. The molecule has 6 nitrogen and oxygen atoms in total. The van der Waals surface area contributed by atoms with Gasteiger partial charge in [0.1, 0.15) is 0 Å². The van der Waals surface area contributed by atoms with Crippen LogP contribution in [0.2, 0.25) is 0 Å². The van der Waals surface area contributed by atoms with E-state index in [-0.39, 0.29) is 17.8 Å². The van der Waals surface area contributed by atoms with Crippen LogP contribution in [0.25, 0.3) is 5.69 Å². The highest BCUT2D eigenvalue weighted by molar-refractivity contribution is 6.05. The Bertz CT molecular complexity index is 958. The number of fused-ring (bicyclic) bond motifs is 1. The SMILES string of the molecule is CC1Cc2ccccc2N1C(=O)c1nn(-c2ccccc2)c(=O)[nH]1. The van der Waals surface area contributed by atoms with Crippen molar-refractivity contribution in [3.63, 3.8) is 0 Å². The normalized spacial score (nSPS) is 16.2. The maximum atomic E-state index is 12.9. The predicted octanol–water partition coefficient (Wildman–Crippen LogP) is 2.15. The van der Waals surface area contributed by atoms with Crippen molar-refractivity contribution in [2.24, 2.45) is 0 Å². The number of amides is 1. The largest absolute Gasteiger partial charge is 0.348 e. The molecule has 1 N–H and O–H groups in total. The fourth-order valence-electron chi connectivity index (χ4n) is 3.15. The molecule has 4 rings (SSSR count). The van der Waals surface area contributed by atoms with Gasteiger partial charge in [-0.2, -0.15) is 4.68 Å². The fourth-order valence-corrected chi connectivity index (χ4v) is 3.15. The number of benzene rings is 2. The Morgan fingerprint density at radius 2 is 1.83 bits per heavy atom. The summed E-state index contributed by atoms with van der Waals surface area (Å²) in [4.78, 5) is 29.3. The number of aromatic amines is 1. The molecule has 3 aromatic rings. The van der Waals surface area contributed by atoms with Gasteiger partial charge < -0.3 is 4.90 Å². The molecular formula is C18H16N4O2. The highest BCUT2D eigenvalue weighted by atomic mass is 16.2. The van der Waals surface area contributed by atoms with Gasteiger partial charge in [-0.25, -0.2) is 4.79 Å². The van der Waals surface area contributed by atoms with Gasteiger partial charge in [0.25, 0.3) is 5.91 Å². The van der Waals surface area contributed by atoms with Crippen molar-refractivity contribution in [2.45, 2.75) is 19.4 Å². The standard InChI is InChI=1S/C18H16N4O2/c1-12-11-13-7-5-6-10-15(13)21(12)17(23)16-19-18(24)22(20-16)14-8-3-2-4-9-14/h2-10,12H,11H2,1H3,(H,19,20,24). The lowest BCUT2D eigenvalue weighted by Gasteiger charge is -2.21. The van der Waals surface area contributed by atoms with Crippen molar-refractivity contribution in [1.29, 1.82) is 0 Å². The summed E-state index contributed by atoms with van der Waals surface area (Å²) in [6.07, 6.45) is 0.797. The molecule has 1 amide bonds. The van der Waals surface area contributed by atoms with Gasteiger partial charge in [-0.15, -0.1) is 5.10 Å². The van der Waals surface area contributed by atoms with E-state index >= 15 is 0 Å². The molecule has 6 heteroatoms. The number of carbonyl (C=O) groups excluding carboxylic acids is 1. The summed E-state index contributed by atoms with van der Waals surface area (Å²) >= 11 is 0. The van der Waals surface area contributed by atoms with Gasteiger partial charge in [-0.05, 0) is 37.1 Å². The van der Waals surface area contributed by atoms with Crippen LogP contribution in [-0.2, 0) is 6.42 Å². The second kappa shape index (κ2) is 5.49. The number of hydrogen-bond acceptors (Lipinski definition) is 3. The summed E-state index contributed by atoms with van der Waals surface area (Å²) in [5.74, 6) is -0.244. The summed E-state index contributed by atoms with van der Waals surface area (Å²) in [5.41, 5.74) is 2.20. The van der Waals surface area contributed by atoms with Crippen LogP contribution in [0, 0.1) is 0 Å². The fraction of sp³-hybridized carbons (Fsp3) is 0.167. The zero-order chi connectivity index (χ0) is 16.7. The lowest BCUT2D eigenvalue weighted by atomic mass is 10.1. The van der Waals surface area contributed by atoms with E-state index in [0.717, 1.165) is 17.7 Å². The number of carbonyl (C=O) groups is 1. The van der Waals surface area contributed by atoms with Gasteiger partial charge in [0.2, 0.25) is 5.82 Å². The number of para-hydroxylation sites is 2. The molecule has 0 saturated carbocycles. The van der Waals surface area contributed by atoms with Gasteiger partial charge in [-0.3, -0.25) is 9.78 Å². The number of rotatable bonds is 2. The Morgan fingerprint density at radius 1 is 1.12 bits per heavy atom. The average molecular weight is 320 g/mol. The van der Waals surface area contributed by atoms with Crippen LogP contribution in [0.15, 0.2) is 59.4 Å². The quantitative estimate of drug-likeness (QED) is 0.786. The zero-order valence-corrected chi connectivity index (χ0v) is 13.1. The molecule has 0 aliphatic carbocycles. The number of hydrogen-bond donors (Lipinski definition) is 1.